The van der Waals surface area contributed by atoms with E-state index in [1.54, 1.807) is 30.3 Å². The number of benzene rings is 2. The molecule has 2 aromatic carbocycles. The van der Waals surface area contributed by atoms with Crippen LogP contribution in [0, 0.1) is 5.82 Å². The molecule has 0 unspecified atom stereocenters. The summed E-state index contributed by atoms with van der Waals surface area (Å²) in [4.78, 5) is 25.3. The summed E-state index contributed by atoms with van der Waals surface area (Å²) in [7, 11) is 0. The topological polar surface area (TPSA) is 46.2 Å². The summed E-state index contributed by atoms with van der Waals surface area (Å²) in [6.07, 6.45) is 0.994. The van der Waals surface area contributed by atoms with Crippen molar-refractivity contribution < 1.29 is 14.0 Å². The van der Waals surface area contributed by atoms with E-state index < -0.39 is 5.92 Å². The van der Waals surface area contributed by atoms with Crippen LogP contribution in [0.3, 0.4) is 0 Å². The molecule has 0 saturated heterocycles. The van der Waals surface area contributed by atoms with Crippen molar-refractivity contribution in [3.63, 3.8) is 0 Å². The van der Waals surface area contributed by atoms with E-state index in [1.165, 1.54) is 12.1 Å². The number of hydrogen-bond donors (Lipinski definition) is 1. The number of carbonyl (C=O) groups is 2. The average Bonchev–Trinajstić information content (AvgIpc) is 2.63. The van der Waals surface area contributed by atoms with Crippen LogP contribution in [0.4, 0.5) is 4.39 Å². The summed E-state index contributed by atoms with van der Waals surface area (Å²) in [5.41, 5.74) is 2.82. The Morgan fingerprint density at radius 3 is 2.44 bits per heavy atom. The highest BCUT2D eigenvalue weighted by Crippen LogP contribution is 2.45. The minimum absolute atomic E-state index is 0.0217. The van der Waals surface area contributed by atoms with Crippen molar-refractivity contribution in [2.45, 2.75) is 31.1 Å². The summed E-state index contributed by atoms with van der Waals surface area (Å²) in [5, 5.41) is 3.64. The molecule has 4 rings (SSSR count). The van der Waals surface area contributed by atoms with Crippen molar-refractivity contribution in [1.29, 1.82) is 0 Å². The molecule has 0 bridgehead atoms. The van der Waals surface area contributed by atoms with Gasteiger partial charge in [-0.2, -0.15) is 0 Å². The minimum atomic E-state index is -0.401. The van der Waals surface area contributed by atoms with Gasteiger partial charge >= 0.3 is 0 Å². The molecule has 0 aromatic heterocycles. The van der Waals surface area contributed by atoms with Gasteiger partial charge < -0.3 is 5.32 Å². The largest absolute Gasteiger partial charge is 0.329 e. The van der Waals surface area contributed by atoms with E-state index in [2.05, 4.69) is 5.32 Å². The second-order valence-electron chi connectivity index (χ2n) is 6.92. The summed E-state index contributed by atoms with van der Waals surface area (Å²) < 4.78 is 13.2. The Kier molecular flexibility index (Phi) is 4.79. The molecule has 0 radical (unpaired) electrons. The average molecular weight is 404 g/mol. The quantitative estimate of drug-likeness (QED) is 0.754. The fourth-order valence-electron chi connectivity index (χ4n) is 3.99. The van der Waals surface area contributed by atoms with Gasteiger partial charge in [-0.3, -0.25) is 9.59 Å². The van der Waals surface area contributed by atoms with Crippen LogP contribution in [0.2, 0.25) is 10.0 Å². The van der Waals surface area contributed by atoms with Gasteiger partial charge in [0, 0.05) is 30.0 Å². The maximum absolute atomic E-state index is 13.2. The summed E-state index contributed by atoms with van der Waals surface area (Å²) >= 11 is 12.5. The molecular weight excluding hydrogens is 388 g/mol. The first-order valence-corrected chi connectivity index (χ1v) is 9.45. The highest BCUT2D eigenvalue weighted by atomic mass is 35.5. The number of ketones is 1. The molecule has 0 spiro atoms. The van der Waals surface area contributed by atoms with Crippen molar-refractivity contribution in [3.05, 3.63) is 80.7 Å². The Labute approximate surface area is 166 Å². The maximum atomic E-state index is 13.2. The highest BCUT2D eigenvalue weighted by Gasteiger charge is 2.39. The second kappa shape index (κ2) is 7.10. The summed E-state index contributed by atoms with van der Waals surface area (Å²) in [5.74, 6) is -0.983. The fraction of sp³-hybridized carbons (Fsp3) is 0.238. The number of amides is 1. The fourth-order valence-corrected chi connectivity index (χ4v) is 4.43. The number of hydrogen-bond acceptors (Lipinski definition) is 2. The number of nitrogens with one attached hydrogen (secondary N) is 1. The molecule has 1 heterocycles. The molecule has 1 aliphatic heterocycles. The zero-order valence-corrected chi connectivity index (χ0v) is 15.8. The van der Waals surface area contributed by atoms with Gasteiger partial charge in [0.2, 0.25) is 5.91 Å². The molecule has 0 saturated carbocycles. The number of halogens is 3. The van der Waals surface area contributed by atoms with Crippen molar-refractivity contribution in [3.8, 4) is 0 Å². The van der Waals surface area contributed by atoms with E-state index in [-0.39, 0.29) is 29.8 Å². The summed E-state index contributed by atoms with van der Waals surface area (Å²) in [6.45, 7) is 0. The lowest BCUT2D eigenvalue weighted by atomic mass is 9.73. The van der Waals surface area contributed by atoms with Crippen LogP contribution in [-0.4, -0.2) is 11.7 Å². The van der Waals surface area contributed by atoms with Gasteiger partial charge in [-0.25, -0.2) is 4.39 Å². The van der Waals surface area contributed by atoms with Gasteiger partial charge in [-0.15, -0.1) is 0 Å². The number of carbonyl (C=O) groups excluding carboxylic acids is 2. The lowest BCUT2D eigenvalue weighted by Gasteiger charge is -2.34. The highest BCUT2D eigenvalue weighted by molar-refractivity contribution is 6.42. The van der Waals surface area contributed by atoms with Gasteiger partial charge in [-0.1, -0.05) is 47.5 Å². The molecule has 0 fully saturated rings. The van der Waals surface area contributed by atoms with Gasteiger partial charge in [0.05, 0.1) is 10.0 Å². The van der Waals surface area contributed by atoms with Crippen LogP contribution in [0.5, 0.6) is 0 Å². The van der Waals surface area contributed by atoms with Gasteiger partial charge in [0.1, 0.15) is 5.82 Å². The van der Waals surface area contributed by atoms with E-state index in [0.717, 1.165) is 5.56 Å². The molecule has 2 aliphatic rings. The summed E-state index contributed by atoms with van der Waals surface area (Å²) in [6, 6.07) is 11.4. The molecule has 2 aromatic rings. The maximum Gasteiger partial charge on any atom is 0.225 e. The number of allylic oxidation sites excluding steroid dienone is 2. The van der Waals surface area contributed by atoms with E-state index in [0.29, 0.717) is 39.7 Å². The Morgan fingerprint density at radius 1 is 0.963 bits per heavy atom. The lowest BCUT2D eigenvalue weighted by Crippen LogP contribution is -2.38. The molecule has 1 aliphatic carbocycles. The third-order valence-corrected chi connectivity index (χ3v) is 6.07. The zero-order valence-electron chi connectivity index (χ0n) is 14.3. The standard InChI is InChI=1S/C21H16Cl2FNO2/c22-16-3-1-2-14(21(16)23)15-10-19(27)25-17-8-12(9-18(26)20(15)17)11-4-6-13(24)7-5-11/h1-7,12,15H,8-10H2,(H,25,27)/t12-,15-/m0/s1. The molecule has 27 heavy (non-hydrogen) atoms. The van der Waals surface area contributed by atoms with Crippen LogP contribution in [0.15, 0.2) is 53.7 Å². The Morgan fingerprint density at radius 2 is 1.70 bits per heavy atom. The molecular formula is C21H16Cl2FNO2. The molecule has 2 atom stereocenters. The van der Waals surface area contributed by atoms with Crippen LogP contribution in [0.25, 0.3) is 0 Å². The molecule has 138 valence electrons. The molecule has 1 N–H and O–H groups in total. The van der Waals surface area contributed by atoms with E-state index in [1.807, 2.05) is 0 Å². The van der Waals surface area contributed by atoms with E-state index in [4.69, 9.17) is 23.2 Å². The van der Waals surface area contributed by atoms with Crippen LogP contribution < -0.4 is 5.32 Å². The van der Waals surface area contributed by atoms with E-state index >= 15 is 0 Å². The monoisotopic (exact) mass is 403 g/mol. The predicted octanol–water partition coefficient (Wildman–Crippen LogP) is 5.14. The SMILES string of the molecule is O=C1C[C@@H](c2cccc(Cl)c2Cl)C2=C(C[C@H](c3ccc(F)cc3)CC2=O)N1. The minimum Gasteiger partial charge on any atom is -0.329 e. The van der Waals surface area contributed by atoms with Crippen LogP contribution >= 0.6 is 23.2 Å². The smallest absolute Gasteiger partial charge is 0.225 e. The van der Waals surface area contributed by atoms with Crippen LogP contribution in [-0.2, 0) is 9.59 Å². The zero-order chi connectivity index (χ0) is 19.1. The van der Waals surface area contributed by atoms with Gasteiger partial charge in [0.15, 0.2) is 5.78 Å². The van der Waals surface area contributed by atoms with Crippen molar-refractivity contribution in [2.75, 3.05) is 0 Å². The number of rotatable bonds is 2. The van der Waals surface area contributed by atoms with Gasteiger partial charge in [0.25, 0.3) is 0 Å². The van der Waals surface area contributed by atoms with Crippen molar-refractivity contribution in [1.82, 2.24) is 5.32 Å². The Hall–Kier alpha value is -2.17. The Balaban J connectivity index is 1.74. The molecule has 3 nitrogen and oxygen atoms in total. The molecule has 6 heteroatoms. The second-order valence-corrected chi connectivity index (χ2v) is 7.71. The first-order chi connectivity index (χ1) is 12.9. The van der Waals surface area contributed by atoms with Gasteiger partial charge in [-0.05, 0) is 41.7 Å². The lowest BCUT2D eigenvalue weighted by molar-refractivity contribution is -0.122. The number of Topliss-reactive ketones (excluding diaryl/α,β-unsaturated/α-hetero) is 1. The third-order valence-electron chi connectivity index (χ3n) is 5.23. The van der Waals surface area contributed by atoms with E-state index in [9.17, 15) is 14.0 Å². The van der Waals surface area contributed by atoms with Crippen molar-refractivity contribution in [2.24, 2.45) is 0 Å². The normalized spacial score (nSPS) is 22.5. The Bertz CT molecular complexity index is 969. The molecule has 1 amide bonds. The first-order valence-electron chi connectivity index (χ1n) is 8.69. The van der Waals surface area contributed by atoms with Crippen LogP contribution in [0.1, 0.15) is 42.2 Å². The van der Waals surface area contributed by atoms with Crippen molar-refractivity contribution >= 4 is 34.9 Å². The first kappa shape index (κ1) is 18.2. The predicted molar refractivity (Wildman–Crippen MR) is 102 cm³/mol. The third kappa shape index (κ3) is 3.40.